The minimum atomic E-state index is 0.113. The van der Waals surface area contributed by atoms with Crippen LogP contribution >= 0.6 is 23.4 Å². The number of nitrogens with one attached hydrogen (secondary N) is 1. The molecule has 0 bridgehead atoms. The highest BCUT2D eigenvalue weighted by atomic mass is 35.5. The van der Waals surface area contributed by atoms with Crippen molar-refractivity contribution in [3.63, 3.8) is 0 Å². The van der Waals surface area contributed by atoms with Crippen LogP contribution < -0.4 is 11.2 Å². The van der Waals surface area contributed by atoms with E-state index < -0.39 is 0 Å². The number of rotatable bonds is 5. The maximum atomic E-state index is 6.17. The SMILES string of the molecule is CN(N)CCc1cccc2c1CC1(CCSCC1)C(=NCc1cccc(Cl)c1)N2. The van der Waals surface area contributed by atoms with Crippen molar-refractivity contribution in [2.45, 2.75) is 32.2 Å². The molecule has 154 valence electrons. The lowest BCUT2D eigenvalue weighted by atomic mass is 9.71. The molecule has 0 saturated carbocycles. The van der Waals surface area contributed by atoms with Gasteiger partial charge in [-0.3, -0.25) is 10.8 Å². The normalized spacial score (nSPS) is 19.4. The van der Waals surface area contributed by atoms with Crippen molar-refractivity contribution in [2.24, 2.45) is 16.3 Å². The zero-order valence-corrected chi connectivity index (χ0v) is 18.5. The molecule has 4 nitrogen and oxygen atoms in total. The molecule has 0 unspecified atom stereocenters. The Morgan fingerprint density at radius 1 is 1.21 bits per heavy atom. The van der Waals surface area contributed by atoms with Gasteiger partial charge in [-0.05, 0) is 72.1 Å². The number of aliphatic imine (C=N–C) groups is 1. The second kappa shape index (κ2) is 9.09. The molecular weight excluding hydrogens is 400 g/mol. The van der Waals surface area contributed by atoms with Gasteiger partial charge in [0, 0.05) is 29.7 Å². The highest BCUT2D eigenvalue weighted by molar-refractivity contribution is 7.99. The molecule has 0 radical (unpaired) electrons. The first-order valence-electron chi connectivity index (χ1n) is 10.3. The summed E-state index contributed by atoms with van der Waals surface area (Å²) in [6.45, 7) is 1.51. The van der Waals surface area contributed by atoms with Crippen molar-refractivity contribution in [1.29, 1.82) is 0 Å². The van der Waals surface area contributed by atoms with Gasteiger partial charge < -0.3 is 5.32 Å². The number of fused-ring (bicyclic) bond motifs is 1. The molecule has 0 atom stereocenters. The average molecular weight is 429 g/mol. The van der Waals surface area contributed by atoms with Gasteiger partial charge in [-0.1, -0.05) is 35.9 Å². The number of hydrazine groups is 1. The van der Waals surface area contributed by atoms with E-state index in [9.17, 15) is 0 Å². The van der Waals surface area contributed by atoms with Crippen LogP contribution in [0.4, 0.5) is 5.69 Å². The summed E-state index contributed by atoms with van der Waals surface area (Å²) in [7, 11) is 1.92. The van der Waals surface area contributed by atoms with Gasteiger partial charge in [-0.15, -0.1) is 0 Å². The second-order valence-electron chi connectivity index (χ2n) is 8.16. The Morgan fingerprint density at radius 3 is 2.76 bits per heavy atom. The molecule has 0 aromatic heterocycles. The Bertz CT molecular complexity index is 890. The van der Waals surface area contributed by atoms with Gasteiger partial charge in [0.2, 0.25) is 0 Å². The highest BCUT2D eigenvalue weighted by Crippen LogP contribution is 2.45. The predicted molar refractivity (Wildman–Crippen MR) is 126 cm³/mol. The molecule has 2 aliphatic heterocycles. The summed E-state index contributed by atoms with van der Waals surface area (Å²) in [5.41, 5.74) is 5.32. The molecule has 1 saturated heterocycles. The van der Waals surface area contributed by atoms with E-state index in [2.05, 4.69) is 41.3 Å². The highest BCUT2D eigenvalue weighted by Gasteiger charge is 2.41. The summed E-state index contributed by atoms with van der Waals surface area (Å²) in [4.78, 5) is 5.08. The fraction of sp³-hybridized carbons (Fsp3) is 0.435. The topological polar surface area (TPSA) is 53.6 Å². The molecule has 4 rings (SSSR count). The van der Waals surface area contributed by atoms with Gasteiger partial charge in [0.05, 0.1) is 6.54 Å². The number of thioether (sulfide) groups is 1. The lowest BCUT2D eigenvalue weighted by Crippen LogP contribution is -2.45. The Labute approximate surface area is 182 Å². The number of anilines is 1. The van der Waals surface area contributed by atoms with Crippen molar-refractivity contribution in [3.05, 3.63) is 64.2 Å². The summed E-state index contributed by atoms with van der Waals surface area (Å²) < 4.78 is 0. The molecule has 0 aliphatic carbocycles. The zero-order valence-electron chi connectivity index (χ0n) is 17.0. The van der Waals surface area contributed by atoms with Crippen LogP contribution in [-0.4, -0.2) is 35.9 Å². The average Bonchev–Trinajstić information content (AvgIpc) is 2.71. The standard InChI is InChI=1S/C23H29ClN4S/c1-28(25)11-8-18-5-3-7-21-20(18)15-23(9-12-29-13-10-23)22(27-21)26-16-17-4-2-6-19(24)14-17/h2-7,14H,8-13,15-16,25H2,1H3,(H,26,27). The summed E-state index contributed by atoms with van der Waals surface area (Å²) in [6, 6.07) is 14.6. The van der Waals surface area contributed by atoms with Crippen molar-refractivity contribution in [3.8, 4) is 0 Å². The van der Waals surface area contributed by atoms with E-state index in [4.69, 9.17) is 22.4 Å². The van der Waals surface area contributed by atoms with Crippen LogP contribution in [-0.2, 0) is 19.4 Å². The van der Waals surface area contributed by atoms with Gasteiger partial charge in [-0.2, -0.15) is 11.8 Å². The Morgan fingerprint density at radius 2 is 2.00 bits per heavy atom. The molecule has 2 aliphatic rings. The Balaban J connectivity index is 1.65. The van der Waals surface area contributed by atoms with Crippen LogP contribution in [0, 0.1) is 5.41 Å². The van der Waals surface area contributed by atoms with Crippen LogP contribution in [0.3, 0.4) is 0 Å². The summed E-state index contributed by atoms with van der Waals surface area (Å²) in [5, 5.41) is 6.26. The minimum Gasteiger partial charge on any atom is -0.343 e. The molecule has 0 amide bonds. The van der Waals surface area contributed by atoms with Gasteiger partial charge in [-0.25, -0.2) is 5.01 Å². The maximum Gasteiger partial charge on any atom is 0.108 e. The van der Waals surface area contributed by atoms with Crippen molar-refractivity contribution in [1.82, 2.24) is 5.01 Å². The van der Waals surface area contributed by atoms with Gasteiger partial charge in [0.15, 0.2) is 0 Å². The number of nitrogens with two attached hydrogens (primary N) is 1. The van der Waals surface area contributed by atoms with Crippen LogP contribution in [0.15, 0.2) is 47.5 Å². The number of halogens is 1. The van der Waals surface area contributed by atoms with Crippen LogP contribution in [0.25, 0.3) is 0 Å². The number of hydrogen-bond acceptors (Lipinski definition) is 4. The van der Waals surface area contributed by atoms with E-state index in [0.29, 0.717) is 6.54 Å². The molecule has 2 aromatic rings. The summed E-state index contributed by atoms with van der Waals surface area (Å²) in [5.74, 6) is 9.41. The number of hydrogen-bond donors (Lipinski definition) is 2. The van der Waals surface area contributed by atoms with Gasteiger partial charge in [0.1, 0.15) is 5.84 Å². The van der Waals surface area contributed by atoms with E-state index in [-0.39, 0.29) is 5.41 Å². The van der Waals surface area contributed by atoms with E-state index in [1.165, 1.54) is 41.2 Å². The largest absolute Gasteiger partial charge is 0.343 e. The number of likely N-dealkylation sites (N-methyl/N-ethyl adjacent to an activating group) is 1. The maximum absolute atomic E-state index is 6.17. The third kappa shape index (κ3) is 4.80. The lowest BCUT2D eigenvalue weighted by Gasteiger charge is -2.43. The first-order chi connectivity index (χ1) is 14.1. The molecule has 1 spiro atoms. The second-order valence-corrected chi connectivity index (χ2v) is 9.82. The molecule has 2 heterocycles. The van der Waals surface area contributed by atoms with Crippen molar-refractivity contribution < 1.29 is 0 Å². The van der Waals surface area contributed by atoms with Crippen LogP contribution in [0.5, 0.6) is 0 Å². The molecule has 1 fully saturated rings. The van der Waals surface area contributed by atoms with Gasteiger partial charge in [0.25, 0.3) is 0 Å². The quantitative estimate of drug-likeness (QED) is 0.532. The van der Waals surface area contributed by atoms with Crippen molar-refractivity contribution >= 4 is 34.9 Å². The Kier molecular flexibility index (Phi) is 6.50. The first-order valence-corrected chi connectivity index (χ1v) is 11.8. The molecule has 3 N–H and O–H groups in total. The third-order valence-corrected chi connectivity index (χ3v) is 7.26. The van der Waals surface area contributed by atoms with Crippen molar-refractivity contribution in [2.75, 3.05) is 30.4 Å². The first kappa shape index (κ1) is 20.7. The summed E-state index contributed by atoms with van der Waals surface area (Å²) >= 11 is 8.22. The van der Waals surface area contributed by atoms with Crippen LogP contribution in [0.1, 0.15) is 29.5 Å². The monoisotopic (exact) mass is 428 g/mol. The fourth-order valence-electron chi connectivity index (χ4n) is 4.36. The Hall–Kier alpha value is -1.53. The number of benzene rings is 2. The fourth-order valence-corrected chi connectivity index (χ4v) is 5.85. The molecule has 6 heteroatoms. The minimum absolute atomic E-state index is 0.113. The van der Waals surface area contributed by atoms with E-state index in [1.807, 2.05) is 25.2 Å². The van der Waals surface area contributed by atoms with Crippen LogP contribution in [0.2, 0.25) is 5.02 Å². The number of amidine groups is 1. The molecule has 29 heavy (non-hydrogen) atoms. The molecule has 2 aromatic carbocycles. The lowest BCUT2D eigenvalue weighted by molar-refractivity contribution is 0.350. The van der Waals surface area contributed by atoms with Gasteiger partial charge >= 0.3 is 0 Å². The smallest absolute Gasteiger partial charge is 0.108 e. The molecular formula is C23H29ClN4S. The number of nitrogens with zero attached hydrogens (tertiary/aromatic N) is 2. The third-order valence-electron chi connectivity index (χ3n) is 6.04. The van der Waals surface area contributed by atoms with E-state index >= 15 is 0 Å². The van der Waals surface area contributed by atoms with E-state index in [1.54, 1.807) is 5.01 Å². The zero-order chi connectivity index (χ0) is 20.3. The predicted octanol–water partition coefficient (Wildman–Crippen LogP) is 4.77. The summed E-state index contributed by atoms with van der Waals surface area (Å²) in [6.07, 6.45) is 4.37. The van der Waals surface area contributed by atoms with E-state index in [0.717, 1.165) is 35.8 Å².